The lowest BCUT2D eigenvalue weighted by atomic mass is 10.1. The average molecular weight is 311 g/mol. The maximum Gasteiger partial charge on any atom is 0.270 e. The number of nitrogens with zero attached hydrogens (tertiary/aromatic N) is 4. The number of amides is 2. The van der Waals surface area contributed by atoms with E-state index >= 15 is 0 Å². The van der Waals surface area contributed by atoms with Crippen molar-refractivity contribution in [1.29, 1.82) is 0 Å². The summed E-state index contributed by atoms with van der Waals surface area (Å²) in [6.45, 7) is 4.54. The molecule has 7 nitrogen and oxygen atoms in total. The minimum Gasteiger partial charge on any atom is -0.364 e. The van der Waals surface area contributed by atoms with Crippen molar-refractivity contribution in [3.8, 4) is 0 Å². The summed E-state index contributed by atoms with van der Waals surface area (Å²) < 4.78 is 15.1. The summed E-state index contributed by atoms with van der Waals surface area (Å²) in [5.41, 5.74) is 5.18. The molecule has 0 bridgehead atoms. The van der Waals surface area contributed by atoms with E-state index in [4.69, 9.17) is 5.73 Å². The van der Waals surface area contributed by atoms with Crippen molar-refractivity contribution < 1.29 is 14.0 Å². The molecular formula is C14H22FN5O2. The smallest absolute Gasteiger partial charge is 0.270 e. The topological polar surface area (TPSA) is 94.1 Å². The lowest BCUT2D eigenvalue weighted by molar-refractivity contribution is -0.132. The lowest BCUT2D eigenvalue weighted by Crippen LogP contribution is -2.38. The zero-order chi connectivity index (χ0) is 16.3. The molecular weight excluding hydrogens is 289 g/mol. The van der Waals surface area contributed by atoms with Crippen molar-refractivity contribution in [1.82, 2.24) is 19.9 Å². The molecule has 0 spiro atoms. The fraction of sp³-hybridized carbons (Fsp3) is 0.714. The predicted molar refractivity (Wildman–Crippen MR) is 77.6 cm³/mol. The highest BCUT2D eigenvalue weighted by molar-refractivity contribution is 5.90. The minimum absolute atomic E-state index is 0.0332. The first-order valence-corrected chi connectivity index (χ1v) is 7.50. The average Bonchev–Trinajstić information content (AvgIpc) is 3.03. The Labute approximate surface area is 128 Å². The highest BCUT2D eigenvalue weighted by atomic mass is 19.1. The van der Waals surface area contributed by atoms with Gasteiger partial charge in [0.05, 0.1) is 25.3 Å². The van der Waals surface area contributed by atoms with Gasteiger partial charge in [-0.05, 0) is 12.3 Å². The number of nitrogens with two attached hydrogens (primary N) is 1. The molecule has 1 aliphatic rings. The van der Waals surface area contributed by atoms with E-state index in [-0.39, 0.29) is 30.6 Å². The number of carbonyl (C=O) groups is 2. The van der Waals surface area contributed by atoms with Crippen LogP contribution in [0.25, 0.3) is 0 Å². The number of carbonyl (C=O) groups excluding carboxylic acids is 2. The minimum atomic E-state index is -1.02. The van der Waals surface area contributed by atoms with E-state index in [0.717, 1.165) is 6.42 Å². The Morgan fingerprint density at radius 1 is 1.50 bits per heavy atom. The molecule has 0 aromatic carbocycles. The van der Waals surface area contributed by atoms with Gasteiger partial charge in [-0.25, -0.2) is 9.07 Å². The fourth-order valence-electron chi connectivity index (χ4n) is 2.61. The van der Waals surface area contributed by atoms with Crippen molar-refractivity contribution in [2.45, 2.75) is 51.9 Å². The van der Waals surface area contributed by atoms with Gasteiger partial charge in [0.15, 0.2) is 5.69 Å². The van der Waals surface area contributed by atoms with Crippen LogP contribution >= 0.6 is 0 Å². The molecule has 22 heavy (non-hydrogen) atoms. The summed E-state index contributed by atoms with van der Waals surface area (Å²) in [4.78, 5) is 24.8. The van der Waals surface area contributed by atoms with Gasteiger partial charge in [-0.2, -0.15) is 0 Å². The lowest BCUT2D eigenvalue weighted by Gasteiger charge is -2.24. The first kappa shape index (κ1) is 16.4. The first-order chi connectivity index (χ1) is 10.4. The maximum atomic E-state index is 13.7. The molecule has 1 aromatic rings. The third-order valence-electron chi connectivity index (χ3n) is 3.81. The summed E-state index contributed by atoms with van der Waals surface area (Å²) in [5, 5.41) is 7.45. The molecule has 2 rings (SSSR count). The van der Waals surface area contributed by atoms with E-state index in [2.05, 4.69) is 10.3 Å². The molecule has 2 atom stereocenters. The first-order valence-electron chi connectivity index (χ1n) is 7.50. The third-order valence-corrected chi connectivity index (χ3v) is 3.81. The molecule has 122 valence electrons. The molecule has 1 aromatic heterocycles. The van der Waals surface area contributed by atoms with Crippen molar-refractivity contribution in [2.75, 3.05) is 6.54 Å². The SMILES string of the molecule is CC(C)CCC(=O)N1C[C@@H](F)C[C@H]1Cn1cc(C(N)=O)nn1. The summed E-state index contributed by atoms with van der Waals surface area (Å²) in [7, 11) is 0. The summed E-state index contributed by atoms with van der Waals surface area (Å²) in [5.74, 6) is -0.264. The highest BCUT2D eigenvalue weighted by Crippen LogP contribution is 2.23. The van der Waals surface area contributed by atoms with Crippen molar-refractivity contribution >= 4 is 11.8 Å². The zero-order valence-electron chi connectivity index (χ0n) is 12.9. The second kappa shape index (κ2) is 6.85. The van der Waals surface area contributed by atoms with E-state index in [0.29, 0.717) is 18.9 Å². The van der Waals surface area contributed by atoms with Gasteiger partial charge < -0.3 is 10.6 Å². The van der Waals surface area contributed by atoms with E-state index < -0.39 is 12.1 Å². The number of hydrogen-bond acceptors (Lipinski definition) is 4. The molecule has 0 radical (unpaired) electrons. The second-order valence-electron chi connectivity index (χ2n) is 6.16. The Bertz CT molecular complexity index is 545. The Hall–Kier alpha value is -1.99. The number of halogens is 1. The molecule has 8 heteroatoms. The van der Waals surface area contributed by atoms with E-state index in [9.17, 15) is 14.0 Å². The van der Waals surface area contributed by atoms with Crippen LogP contribution in [0.5, 0.6) is 0 Å². The monoisotopic (exact) mass is 311 g/mol. The van der Waals surface area contributed by atoms with Crippen LogP contribution in [0.4, 0.5) is 4.39 Å². The van der Waals surface area contributed by atoms with Gasteiger partial charge in [0, 0.05) is 12.8 Å². The number of primary amides is 1. The van der Waals surface area contributed by atoms with E-state index in [1.165, 1.54) is 10.9 Å². The molecule has 2 amide bonds. The predicted octanol–water partition coefficient (Wildman–Crippen LogP) is 0.752. The Kier molecular flexibility index (Phi) is 5.10. The third kappa shape index (κ3) is 4.02. The molecule has 0 saturated carbocycles. The number of rotatable bonds is 6. The van der Waals surface area contributed by atoms with Gasteiger partial charge >= 0.3 is 0 Å². The standard InChI is InChI=1S/C14H22FN5O2/c1-9(2)3-4-13(21)20-6-10(15)5-11(20)7-19-8-12(14(16)22)17-18-19/h8-11H,3-7H2,1-2H3,(H2,16,22)/t10-,11-/m0/s1. The summed E-state index contributed by atoms with van der Waals surface area (Å²) >= 11 is 0. The van der Waals surface area contributed by atoms with Gasteiger partial charge in [-0.3, -0.25) is 9.59 Å². The van der Waals surface area contributed by atoms with Crippen LogP contribution in [0.15, 0.2) is 6.20 Å². The molecule has 1 aliphatic heterocycles. The normalized spacial score (nSPS) is 21.5. The van der Waals surface area contributed by atoms with Crippen LogP contribution in [-0.2, 0) is 11.3 Å². The number of hydrogen-bond donors (Lipinski definition) is 1. The van der Waals surface area contributed by atoms with Crippen molar-refractivity contribution in [3.63, 3.8) is 0 Å². The number of aromatic nitrogens is 3. The van der Waals surface area contributed by atoms with Gasteiger partial charge in [-0.15, -0.1) is 5.10 Å². The Balaban J connectivity index is 2.00. The highest BCUT2D eigenvalue weighted by Gasteiger charge is 2.35. The second-order valence-corrected chi connectivity index (χ2v) is 6.16. The largest absolute Gasteiger partial charge is 0.364 e. The summed E-state index contributed by atoms with van der Waals surface area (Å²) in [6, 6.07) is -0.267. The Morgan fingerprint density at radius 2 is 2.23 bits per heavy atom. The van der Waals surface area contributed by atoms with Crippen LogP contribution < -0.4 is 5.73 Å². The molecule has 2 heterocycles. The quantitative estimate of drug-likeness (QED) is 0.839. The van der Waals surface area contributed by atoms with Crippen LogP contribution in [-0.4, -0.2) is 50.5 Å². The molecule has 2 N–H and O–H groups in total. The molecule has 1 saturated heterocycles. The van der Waals surface area contributed by atoms with E-state index in [1.807, 2.05) is 13.8 Å². The maximum absolute atomic E-state index is 13.7. The van der Waals surface area contributed by atoms with E-state index in [1.54, 1.807) is 4.90 Å². The van der Waals surface area contributed by atoms with Gasteiger partial charge in [-0.1, -0.05) is 19.1 Å². The van der Waals surface area contributed by atoms with Crippen LogP contribution in [0.1, 0.15) is 43.6 Å². The molecule has 0 unspecified atom stereocenters. The molecule has 0 aliphatic carbocycles. The van der Waals surface area contributed by atoms with Crippen LogP contribution in [0.3, 0.4) is 0 Å². The van der Waals surface area contributed by atoms with Crippen LogP contribution in [0, 0.1) is 5.92 Å². The van der Waals surface area contributed by atoms with Crippen molar-refractivity contribution in [2.24, 2.45) is 11.7 Å². The number of likely N-dealkylation sites (tertiary alicyclic amines) is 1. The summed E-state index contributed by atoms with van der Waals surface area (Å²) in [6.07, 6.45) is 1.88. The van der Waals surface area contributed by atoms with Crippen molar-refractivity contribution in [3.05, 3.63) is 11.9 Å². The van der Waals surface area contributed by atoms with Gasteiger partial charge in [0.1, 0.15) is 6.17 Å². The number of alkyl halides is 1. The van der Waals surface area contributed by atoms with Crippen LogP contribution in [0.2, 0.25) is 0 Å². The zero-order valence-corrected chi connectivity index (χ0v) is 12.9. The van der Waals surface area contributed by atoms with Gasteiger partial charge in [0.2, 0.25) is 5.91 Å². The fourth-order valence-corrected chi connectivity index (χ4v) is 2.61. The Morgan fingerprint density at radius 3 is 2.82 bits per heavy atom. The van der Waals surface area contributed by atoms with Gasteiger partial charge in [0.25, 0.3) is 5.91 Å². The molecule has 1 fully saturated rings.